The molecular weight excluding hydrogens is 228 g/mol. The van der Waals surface area contributed by atoms with E-state index in [1.807, 2.05) is 0 Å². The number of hydrogen-bond acceptors (Lipinski definition) is 0. The molecule has 0 aromatic heterocycles. The second kappa shape index (κ2) is 5.21. The lowest BCUT2D eigenvalue weighted by Crippen LogP contribution is -2.05. The van der Waals surface area contributed by atoms with Crippen molar-refractivity contribution in [1.82, 2.24) is 0 Å². The summed E-state index contributed by atoms with van der Waals surface area (Å²) < 4.78 is 0. The fourth-order valence-electron chi connectivity index (χ4n) is 2.47. The van der Waals surface area contributed by atoms with Crippen molar-refractivity contribution in [2.45, 2.75) is 41.0 Å². The van der Waals surface area contributed by atoms with Gasteiger partial charge in [0.25, 0.3) is 0 Å². The summed E-state index contributed by atoms with van der Waals surface area (Å²) in [6, 6.07) is 10.7. The lowest BCUT2D eigenvalue weighted by Gasteiger charge is -2.18. The lowest BCUT2D eigenvalue weighted by molar-refractivity contribution is 0.518. The second-order valence-corrected chi connectivity index (χ2v) is 6.28. The van der Waals surface area contributed by atoms with Crippen molar-refractivity contribution in [2.75, 3.05) is 0 Å². The molecule has 0 fully saturated rings. The van der Waals surface area contributed by atoms with E-state index in [0.717, 1.165) is 6.42 Å². The summed E-state index contributed by atoms with van der Waals surface area (Å²) in [6.07, 6.45) is 5.85. The van der Waals surface area contributed by atoms with E-state index in [2.05, 4.69) is 77.1 Å². The molecule has 0 heteroatoms. The third kappa shape index (κ3) is 2.89. The van der Waals surface area contributed by atoms with Crippen LogP contribution in [0.5, 0.6) is 0 Å². The highest BCUT2D eigenvalue weighted by Gasteiger charge is 2.22. The van der Waals surface area contributed by atoms with Crippen LogP contribution in [0.25, 0.3) is 5.57 Å². The topological polar surface area (TPSA) is 0 Å². The minimum Gasteiger partial charge on any atom is -0.0622 e. The highest BCUT2D eigenvalue weighted by Crippen LogP contribution is 2.39. The average Bonchev–Trinajstić information content (AvgIpc) is 2.83. The third-order valence-corrected chi connectivity index (χ3v) is 3.83. The maximum Gasteiger partial charge on any atom is -0.0132 e. The van der Waals surface area contributed by atoms with E-state index in [-0.39, 0.29) is 5.41 Å². The van der Waals surface area contributed by atoms with Crippen LogP contribution in [0.4, 0.5) is 0 Å². The van der Waals surface area contributed by atoms with Gasteiger partial charge in [-0.05, 0) is 46.6 Å². The van der Waals surface area contributed by atoms with Crippen molar-refractivity contribution >= 4 is 5.57 Å². The van der Waals surface area contributed by atoms with Gasteiger partial charge in [-0.2, -0.15) is 0 Å². The fourth-order valence-corrected chi connectivity index (χ4v) is 2.47. The predicted molar refractivity (Wildman–Crippen MR) is 84.9 cm³/mol. The van der Waals surface area contributed by atoms with Crippen LogP contribution in [-0.4, -0.2) is 0 Å². The van der Waals surface area contributed by atoms with E-state index in [0.29, 0.717) is 0 Å². The SMILES string of the molecule is CCC1=CC(C(C)(C)C)=CC1=C(C)c1ccccc1. The van der Waals surface area contributed by atoms with Crippen molar-refractivity contribution < 1.29 is 0 Å². The molecule has 1 aliphatic carbocycles. The first-order valence-corrected chi connectivity index (χ1v) is 7.13. The van der Waals surface area contributed by atoms with Gasteiger partial charge in [0.1, 0.15) is 0 Å². The number of hydrogen-bond donors (Lipinski definition) is 0. The van der Waals surface area contributed by atoms with E-state index < -0.39 is 0 Å². The van der Waals surface area contributed by atoms with Crippen LogP contribution in [0.1, 0.15) is 46.6 Å². The van der Waals surface area contributed by atoms with E-state index in [1.54, 1.807) is 0 Å². The average molecular weight is 252 g/mol. The van der Waals surface area contributed by atoms with Crippen LogP contribution in [0.15, 0.2) is 59.2 Å². The molecule has 0 bridgehead atoms. The first kappa shape index (κ1) is 13.9. The van der Waals surface area contributed by atoms with Gasteiger partial charge in [0, 0.05) is 0 Å². The van der Waals surface area contributed by atoms with Crippen LogP contribution in [0.3, 0.4) is 0 Å². The molecule has 0 heterocycles. The smallest absolute Gasteiger partial charge is 0.0132 e. The molecule has 0 spiro atoms. The van der Waals surface area contributed by atoms with Gasteiger partial charge in [-0.15, -0.1) is 0 Å². The minimum atomic E-state index is 0.221. The van der Waals surface area contributed by atoms with Crippen molar-refractivity contribution in [3.05, 3.63) is 64.8 Å². The summed E-state index contributed by atoms with van der Waals surface area (Å²) >= 11 is 0. The monoisotopic (exact) mass is 252 g/mol. The molecule has 1 aromatic rings. The molecule has 19 heavy (non-hydrogen) atoms. The Hall–Kier alpha value is -1.56. The van der Waals surface area contributed by atoms with Gasteiger partial charge in [0.15, 0.2) is 0 Å². The molecular formula is C19H24. The largest absolute Gasteiger partial charge is 0.0622 e. The standard InChI is InChI=1S/C19H24/c1-6-15-12-17(19(3,4)5)13-18(15)14(2)16-10-8-7-9-11-16/h7-13H,6H2,1-5H3. The van der Waals surface area contributed by atoms with Gasteiger partial charge >= 0.3 is 0 Å². The molecule has 1 aromatic carbocycles. The van der Waals surface area contributed by atoms with Crippen molar-refractivity contribution in [2.24, 2.45) is 5.41 Å². The van der Waals surface area contributed by atoms with E-state index in [9.17, 15) is 0 Å². The molecule has 0 N–H and O–H groups in total. The summed E-state index contributed by atoms with van der Waals surface area (Å²) in [6.45, 7) is 11.3. The Kier molecular flexibility index (Phi) is 3.80. The summed E-state index contributed by atoms with van der Waals surface area (Å²) in [7, 11) is 0. The van der Waals surface area contributed by atoms with Gasteiger partial charge in [-0.1, -0.05) is 70.2 Å². The van der Waals surface area contributed by atoms with Gasteiger partial charge in [-0.25, -0.2) is 0 Å². The van der Waals surface area contributed by atoms with E-state index in [4.69, 9.17) is 0 Å². The normalized spacial score (nSPS) is 18.2. The van der Waals surface area contributed by atoms with Gasteiger partial charge in [0.2, 0.25) is 0 Å². The molecule has 0 amide bonds. The Morgan fingerprint density at radius 1 is 1.00 bits per heavy atom. The second-order valence-electron chi connectivity index (χ2n) is 6.28. The van der Waals surface area contributed by atoms with E-state index >= 15 is 0 Å². The summed E-state index contributed by atoms with van der Waals surface area (Å²) in [5.74, 6) is 0. The Morgan fingerprint density at radius 2 is 1.63 bits per heavy atom. The van der Waals surface area contributed by atoms with Crippen molar-refractivity contribution in [1.29, 1.82) is 0 Å². The van der Waals surface area contributed by atoms with Crippen molar-refractivity contribution in [3.63, 3.8) is 0 Å². The fraction of sp³-hybridized carbons (Fsp3) is 0.368. The Morgan fingerprint density at radius 3 is 2.16 bits per heavy atom. The molecule has 0 radical (unpaired) electrons. The molecule has 100 valence electrons. The zero-order valence-corrected chi connectivity index (χ0v) is 12.7. The maximum atomic E-state index is 2.38. The Labute approximate surface area is 117 Å². The zero-order chi connectivity index (χ0) is 14.0. The molecule has 0 unspecified atom stereocenters. The first-order valence-electron chi connectivity index (χ1n) is 7.13. The maximum absolute atomic E-state index is 2.38. The van der Waals surface area contributed by atoms with Gasteiger partial charge < -0.3 is 0 Å². The third-order valence-electron chi connectivity index (χ3n) is 3.83. The predicted octanol–water partition coefficient (Wildman–Crippen LogP) is 5.78. The summed E-state index contributed by atoms with van der Waals surface area (Å²) in [4.78, 5) is 0. The number of benzene rings is 1. The number of rotatable bonds is 2. The zero-order valence-electron chi connectivity index (χ0n) is 12.7. The molecule has 1 aliphatic rings. The molecule has 0 nitrogen and oxygen atoms in total. The van der Waals surface area contributed by atoms with Gasteiger partial charge in [-0.3, -0.25) is 0 Å². The summed E-state index contributed by atoms with van der Waals surface area (Å²) in [5.41, 5.74) is 7.25. The van der Waals surface area contributed by atoms with Crippen LogP contribution in [0.2, 0.25) is 0 Å². The molecule has 2 rings (SSSR count). The van der Waals surface area contributed by atoms with Crippen LogP contribution in [0, 0.1) is 5.41 Å². The summed E-state index contributed by atoms with van der Waals surface area (Å²) in [5, 5.41) is 0. The minimum absolute atomic E-state index is 0.221. The first-order chi connectivity index (χ1) is 8.93. The molecule has 0 saturated carbocycles. The van der Waals surface area contributed by atoms with Crippen LogP contribution < -0.4 is 0 Å². The van der Waals surface area contributed by atoms with Gasteiger partial charge in [0.05, 0.1) is 0 Å². The molecule has 0 atom stereocenters. The van der Waals surface area contributed by atoms with E-state index in [1.165, 1.54) is 27.9 Å². The van der Waals surface area contributed by atoms with Crippen LogP contribution >= 0.6 is 0 Å². The van der Waals surface area contributed by atoms with Crippen LogP contribution in [-0.2, 0) is 0 Å². The Balaban J connectivity index is 2.50. The lowest BCUT2D eigenvalue weighted by atomic mass is 9.87. The molecule has 0 saturated heterocycles. The molecule has 0 aliphatic heterocycles. The van der Waals surface area contributed by atoms with Crippen molar-refractivity contribution in [3.8, 4) is 0 Å². The Bertz CT molecular complexity index is 545. The quantitative estimate of drug-likeness (QED) is 0.625. The number of allylic oxidation sites excluding steroid dienone is 6. The highest BCUT2D eigenvalue weighted by atomic mass is 14.3. The highest BCUT2D eigenvalue weighted by molar-refractivity contribution is 5.76.